The number of hydrazone groups is 1. The highest BCUT2D eigenvalue weighted by atomic mass is 35.5. The number of benzene rings is 4. The summed E-state index contributed by atoms with van der Waals surface area (Å²) >= 11 is 17.3. The molecule has 0 bridgehead atoms. The maximum Gasteiger partial charge on any atom is 0.370 e. The smallest absolute Gasteiger partial charge is 0.370 e. The Hall–Kier alpha value is -7.39. The molecule has 5 aromatic rings. The molecule has 3 aliphatic rings. The van der Waals surface area contributed by atoms with Crippen molar-refractivity contribution < 1.29 is 43.2 Å². The zero-order valence-electron chi connectivity index (χ0n) is 37.1. The number of ether oxygens (including phenoxy) is 3. The standard InChI is InChI=1S/C21H17ClN4O5.C15H17N3O4.C10H10Cl2N2O2/c1-2-31-21(28)18-17-11-12-24(14-7-9-16(10-8-14)26(29)30)20(27)19(17)25(23-18)15-5-3-13(22)4-6-15;19-15-14(16-8-10-22-11-9-16)2-1-7-17(15)12-3-5-13(6-4-12)18(20)21;1-2-16-10(15)9(12)14-13-8-5-3-7(11)4-6-8/h3-10H,2,11-12H2,1H3;2-6H,1,7-11H2;3-6,13H,2H2,1H3/b;;14-9-. The van der Waals surface area contributed by atoms with Gasteiger partial charge in [0.2, 0.25) is 5.17 Å². The Kier molecular flexibility index (Phi) is 17.8. The molecule has 0 aliphatic carbocycles. The van der Waals surface area contributed by atoms with Crippen molar-refractivity contribution in [3.05, 3.63) is 156 Å². The molecule has 1 N–H and O–H groups in total. The van der Waals surface area contributed by atoms with E-state index in [4.69, 9.17) is 44.3 Å². The predicted molar refractivity (Wildman–Crippen MR) is 259 cm³/mol. The first-order valence-corrected chi connectivity index (χ1v) is 22.5. The second kappa shape index (κ2) is 24.1. The largest absolute Gasteiger partial charge is 0.461 e. The van der Waals surface area contributed by atoms with Gasteiger partial charge in [0, 0.05) is 77.4 Å². The molecule has 0 atom stereocenters. The van der Waals surface area contributed by atoms with Crippen LogP contribution in [-0.4, -0.2) is 106 Å². The van der Waals surface area contributed by atoms with Gasteiger partial charge in [0.1, 0.15) is 5.69 Å². The number of non-ortho nitro benzene ring substituents is 2. The van der Waals surface area contributed by atoms with E-state index in [1.54, 1.807) is 79.4 Å². The second-order valence-electron chi connectivity index (χ2n) is 14.7. The topological polar surface area (TPSA) is 234 Å². The van der Waals surface area contributed by atoms with Crippen LogP contribution in [0, 0.1) is 20.2 Å². The molecule has 1 fully saturated rings. The first-order chi connectivity index (χ1) is 33.2. The quantitative estimate of drug-likeness (QED) is 0.0537. The molecule has 8 rings (SSSR count). The summed E-state index contributed by atoms with van der Waals surface area (Å²) in [4.78, 5) is 75.6. The van der Waals surface area contributed by atoms with Gasteiger partial charge in [-0.15, -0.1) is 0 Å². The van der Waals surface area contributed by atoms with Crippen LogP contribution in [0.15, 0.2) is 114 Å². The lowest BCUT2D eigenvalue weighted by Gasteiger charge is -2.35. The number of aromatic nitrogens is 2. The van der Waals surface area contributed by atoms with Gasteiger partial charge in [0.05, 0.1) is 53.3 Å². The molecular weight excluding hydrogens is 961 g/mol. The van der Waals surface area contributed by atoms with E-state index in [0.29, 0.717) is 89.9 Å². The lowest BCUT2D eigenvalue weighted by molar-refractivity contribution is -0.385. The summed E-state index contributed by atoms with van der Waals surface area (Å²) < 4.78 is 16.5. The summed E-state index contributed by atoms with van der Waals surface area (Å²) in [5, 5.41) is 30.6. The highest BCUT2D eigenvalue weighted by Gasteiger charge is 2.36. The van der Waals surface area contributed by atoms with Gasteiger partial charge in [-0.25, -0.2) is 14.3 Å². The molecule has 0 unspecified atom stereocenters. The highest BCUT2D eigenvalue weighted by Crippen LogP contribution is 2.31. The summed E-state index contributed by atoms with van der Waals surface area (Å²) in [5.74, 6) is -1.68. The van der Waals surface area contributed by atoms with Gasteiger partial charge in [-0.2, -0.15) is 10.2 Å². The fourth-order valence-corrected chi connectivity index (χ4v) is 7.44. The number of amides is 2. The van der Waals surface area contributed by atoms with Crippen LogP contribution in [0.2, 0.25) is 10.0 Å². The van der Waals surface area contributed by atoms with E-state index in [-0.39, 0.29) is 53.0 Å². The Morgan fingerprint density at radius 2 is 1.26 bits per heavy atom. The lowest BCUT2D eigenvalue weighted by Crippen LogP contribution is -2.45. The molecule has 0 saturated carbocycles. The summed E-state index contributed by atoms with van der Waals surface area (Å²) in [5.41, 5.74) is 6.57. The SMILES string of the molecule is CCOC(=O)/C(Cl)=N/Nc1ccc(Cl)cc1.CCOC(=O)c1nn(-c2ccc(Cl)cc2)c2c1CCN(c1ccc([N+](=O)[O-])cc1)C2=O.O=C1C(N2CCOCC2)=CCCN1c1ccc([N+](=O)[O-])cc1. The number of carbonyl (C=O) groups excluding carboxylic acids is 4. The van der Waals surface area contributed by atoms with Crippen molar-refractivity contribution in [1.82, 2.24) is 14.7 Å². The summed E-state index contributed by atoms with van der Waals surface area (Å²) in [6.45, 7) is 7.39. The number of nitro benzene ring substituents is 2. The zero-order valence-corrected chi connectivity index (χ0v) is 39.4. The second-order valence-corrected chi connectivity index (χ2v) is 15.9. The molecule has 4 heterocycles. The number of hydrogen-bond donors (Lipinski definition) is 1. The molecule has 2 amide bonds. The molecule has 360 valence electrons. The molecule has 1 saturated heterocycles. The first-order valence-electron chi connectivity index (χ1n) is 21.3. The minimum atomic E-state index is -0.661. The number of anilines is 3. The van der Waals surface area contributed by atoms with E-state index in [0.717, 1.165) is 6.42 Å². The van der Waals surface area contributed by atoms with E-state index >= 15 is 0 Å². The minimum Gasteiger partial charge on any atom is -0.461 e. The van der Waals surface area contributed by atoms with E-state index < -0.39 is 21.8 Å². The van der Waals surface area contributed by atoms with Crippen molar-refractivity contribution in [2.45, 2.75) is 26.7 Å². The van der Waals surface area contributed by atoms with Crippen molar-refractivity contribution in [2.75, 3.05) is 67.8 Å². The number of morpholine rings is 1. The molecule has 69 heavy (non-hydrogen) atoms. The van der Waals surface area contributed by atoms with Crippen molar-refractivity contribution in [3.8, 4) is 5.69 Å². The van der Waals surface area contributed by atoms with Crippen LogP contribution in [0.25, 0.3) is 5.69 Å². The van der Waals surface area contributed by atoms with Gasteiger partial charge in [0.25, 0.3) is 23.2 Å². The Labute approximate surface area is 409 Å². The summed E-state index contributed by atoms with van der Waals surface area (Å²) in [7, 11) is 0. The van der Waals surface area contributed by atoms with Crippen molar-refractivity contribution in [1.29, 1.82) is 0 Å². The van der Waals surface area contributed by atoms with Crippen LogP contribution in [0.1, 0.15) is 46.8 Å². The number of nitrogens with zero attached hydrogens (tertiary/aromatic N) is 8. The monoisotopic (exact) mass is 1000 g/mol. The summed E-state index contributed by atoms with van der Waals surface area (Å²) in [6.07, 6.45) is 3.12. The van der Waals surface area contributed by atoms with Crippen molar-refractivity contribution in [3.63, 3.8) is 0 Å². The lowest BCUT2D eigenvalue weighted by atomic mass is 10.0. The molecule has 1 aromatic heterocycles. The first kappa shape index (κ1) is 51.0. The molecular formula is C46H44Cl3N9O11. The Morgan fingerprint density at radius 1 is 0.739 bits per heavy atom. The van der Waals surface area contributed by atoms with Gasteiger partial charge < -0.3 is 28.9 Å². The molecule has 3 aliphatic heterocycles. The van der Waals surface area contributed by atoms with Crippen LogP contribution in [0.5, 0.6) is 0 Å². The normalized spacial score (nSPS) is 14.5. The number of nitrogens with one attached hydrogen (secondary N) is 1. The van der Waals surface area contributed by atoms with Crippen LogP contribution in [0.4, 0.5) is 28.4 Å². The minimum absolute atomic E-state index is 0.0251. The average molecular weight is 1010 g/mol. The number of esters is 2. The van der Waals surface area contributed by atoms with Gasteiger partial charge in [0.15, 0.2) is 5.69 Å². The number of carbonyl (C=O) groups is 4. The number of halogens is 3. The van der Waals surface area contributed by atoms with Crippen molar-refractivity contribution in [2.24, 2.45) is 5.10 Å². The maximum atomic E-state index is 13.4. The van der Waals surface area contributed by atoms with Crippen LogP contribution >= 0.6 is 34.8 Å². The maximum absolute atomic E-state index is 13.4. The molecule has 0 spiro atoms. The fraction of sp³-hybridized carbons (Fsp3) is 0.261. The van der Waals surface area contributed by atoms with Gasteiger partial charge in [-0.05, 0) is 99.5 Å². The Morgan fingerprint density at radius 3 is 1.80 bits per heavy atom. The summed E-state index contributed by atoms with van der Waals surface area (Å²) in [6, 6.07) is 25.4. The highest BCUT2D eigenvalue weighted by molar-refractivity contribution is 6.82. The number of fused-ring (bicyclic) bond motifs is 1. The van der Waals surface area contributed by atoms with Gasteiger partial charge in [-0.1, -0.05) is 40.9 Å². The van der Waals surface area contributed by atoms with Crippen LogP contribution in [-0.2, 0) is 30.2 Å². The fourth-order valence-electron chi connectivity index (χ4n) is 7.09. The number of nitro groups is 2. The molecule has 4 aromatic carbocycles. The Bertz CT molecular complexity index is 2730. The molecule has 20 nitrogen and oxygen atoms in total. The molecule has 0 radical (unpaired) electrons. The zero-order chi connectivity index (χ0) is 49.6. The van der Waals surface area contributed by atoms with Crippen LogP contribution in [0.3, 0.4) is 0 Å². The van der Waals surface area contributed by atoms with Gasteiger partial charge in [-0.3, -0.25) is 35.2 Å². The van der Waals surface area contributed by atoms with E-state index in [1.807, 2.05) is 11.0 Å². The number of rotatable bonds is 12. The third kappa shape index (κ3) is 13.0. The Balaban J connectivity index is 0.000000180. The third-order valence-electron chi connectivity index (χ3n) is 10.4. The third-order valence-corrected chi connectivity index (χ3v) is 11.1. The molecule has 23 heteroatoms. The predicted octanol–water partition coefficient (Wildman–Crippen LogP) is 8.23. The van der Waals surface area contributed by atoms with E-state index in [9.17, 15) is 39.4 Å². The number of hydrogen-bond acceptors (Lipinski definition) is 15. The van der Waals surface area contributed by atoms with E-state index in [1.165, 1.54) is 46.0 Å². The van der Waals surface area contributed by atoms with E-state index in [2.05, 4.69) is 20.4 Å². The van der Waals surface area contributed by atoms with Crippen molar-refractivity contribution >= 4 is 92.2 Å². The average Bonchev–Trinajstić information content (AvgIpc) is 3.76. The van der Waals surface area contributed by atoms with Crippen LogP contribution < -0.4 is 15.2 Å². The van der Waals surface area contributed by atoms with Gasteiger partial charge >= 0.3 is 11.9 Å².